The van der Waals surface area contributed by atoms with E-state index in [1.54, 1.807) is 7.05 Å². The van der Waals surface area contributed by atoms with E-state index in [0.29, 0.717) is 5.11 Å². The van der Waals surface area contributed by atoms with E-state index in [2.05, 4.69) is 5.32 Å². The monoisotopic (exact) mass is 256 g/mol. The fourth-order valence-electron chi connectivity index (χ4n) is 0.537. The number of alkyl halides is 1. The van der Waals surface area contributed by atoms with Gasteiger partial charge in [0, 0.05) is 7.05 Å². The van der Waals surface area contributed by atoms with Crippen LogP contribution < -0.4 is 5.32 Å². The summed E-state index contributed by atoms with van der Waals surface area (Å²) in [4.78, 5) is 12.3. The van der Waals surface area contributed by atoms with Crippen LogP contribution in [0.3, 0.4) is 0 Å². The topological polar surface area (TPSA) is 32.3 Å². The van der Waals surface area contributed by atoms with Gasteiger partial charge in [-0.2, -0.15) is 0 Å². The minimum atomic E-state index is -0.167. The van der Waals surface area contributed by atoms with Gasteiger partial charge in [-0.15, -0.1) is 0 Å². The van der Waals surface area contributed by atoms with Crippen molar-refractivity contribution in [2.45, 2.75) is 4.05 Å². The predicted molar refractivity (Wildman–Crippen MR) is 46.3 cm³/mol. The lowest BCUT2D eigenvalue weighted by molar-refractivity contribution is -0.124. The number of nitrogens with one attached hydrogen (secondary N) is 1. The number of amides is 1. The first kappa shape index (κ1) is 7.20. The number of rotatable bonds is 0. The lowest BCUT2D eigenvalue weighted by Gasteiger charge is -2.03. The molecule has 1 rings (SSSR count). The van der Waals surface area contributed by atoms with E-state index >= 15 is 0 Å². The number of thiocarbonyl (C=S) groups is 1. The van der Waals surface area contributed by atoms with E-state index in [-0.39, 0.29) is 9.96 Å². The summed E-state index contributed by atoms with van der Waals surface area (Å²) in [5.41, 5.74) is 0. The van der Waals surface area contributed by atoms with Crippen molar-refractivity contribution in [3.8, 4) is 0 Å². The van der Waals surface area contributed by atoms with Crippen molar-refractivity contribution in [1.29, 1.82) is 0 Å². The second-order valence-electron chi connectivity index (χ2n) is 1.71. The van der Waals surface area contributed by atoms with E-state index in [9.17, 15) is 4.79 Å². The number of likely N-dealkylation sites (N-methyl/N-ethyl adjacent to an activating group) is 1. The Labute approximate surface area is 71.9 Å². The molecule has 1 saturated heterocycles. The van der Waals surface area contributed by atoms with Gasteiger partial charge < -0.3 is 5.32 Å². The van der Waals surface area contributed by atoms with E-state index in [0.717, 1.165) is 0 Å². The first-order valence-corrected chi connectivity index (χ1v) is 4.00. The fraction of sp³-hybridized carbons (Fsp3) is 0.500. The normalized spacial score (nSPS) is 26.9. The first-order valence-electron chi connectivity index (χ1n) is 2.35. The van der Waals surface area contributed by atoms with E-state index in [4.69, 9.17) is 12.2 Å². The Morgan fingerprint density at radius 2 is 2.44 bits per heavy atom. The molecule has 5 heteroatoms. The van der Waals surface area contributed by atoms with Crippen LogP contribution in [0.1, 0.15) is 0 Å². The molecule has 1 aliphatic rings. The predicted octanol–water partition coefficient (Wildman–Crippen LogP) is 0.0940. The highest BCUT2D eigenvalue weighted by atomic mass is 127. The number of halogens is 1. The Hall–Kier alpha value is 0.0900. The molecular formula is C4H5IN2OS. The van der Waals surface area contributed by atoms with Crippen LogP contribution in [-0.4, -0.2) is 27.0 Å². The van der Waals surface area contributed by atoms with Crippen molar-refractivity contribution in [3.05, 3.63) is 0 Å². The van der Waals surface area contributed by atoms with Gasteiger partial charge in [0.1, 0.15) is 0 Å². The molecule has 1 N–H and O–H groups in total. The molecule has 1 fully saturated rings. The number of hydrogen-bond donors (Lipinski definition) is 1. The van der Waals surface area contributed by atoms with Crippen molar-refractivity contribution < 1.29 is 4.79 Å². The molecule has 1 aliphatic heterocycles. The molecule has 9 heavy (non-hydrogen) atoms. The SMILES string of the molecule is CN1C(=O)[C@H](I)NC1=S. The summed E-state index contributed by atoms with van der Waals surface area (Å²) < 4.78 is -0.167. The third-order valence-corrected chi connectivity index (χ3v) is 2.34. The Balaban J connectivity index is 2.77. The van der Waals surface area contributed by atoms with Gasteiger partial charge in [0.05, 0.1) is 0 Å². The van der Waals surface area contributed by atoms with Crippen molar-refractivity contribution in [1.82, 2.24) is 10.2 Å². The largest absolute Gasteiger partial charge is 0.342 e. The molecule has 0 aliphatic carbocycles. The maximum atomic E-state index is 10.9. The van der Waals surface area contributed by atoms with Gasteiger partial charge >= 0.3 is 0 Å². The summed E-state index contributed by atoms with van der Waals surface area (Å²) in [5.74, 6) is 0.0283. The quantitative estimate of drug-likeness (QED) is 0.288. The Morgan fingerprint density at radius 1 is 1.89 bits per heavy atom. The van der Waals surface area contributed by atoms with Crippen LogP contribution in [0.25, 0.3) is 0 Å². The number of nitrogens with zero attached hydrogens (tertiary/aromatic N) is 1. The van der Waals surface area contributed by atoms with Gasteiger partial charge in [0.15, 0.2) is 9.16 Å². The molecule has 50 valence electrons. The van der Waals surface area contributed by atoms with Crippen molar-refractivity contribution in [2.24, 2.45) is 0 Å². The molecule has 0 radical (unpaired) electrons. The van der Waals surface area contributed by atoms with Crippen LogP contribution in [0.5, 0.6) is 0 Å². The number of hydrogen-bond acceptors (Lipinski definition) is 2. The minimum Gasteiger partial charge on any atom is -0.342 e. The molecule has 0 spiro atoms. The van der Waals surface area contributed by atoms with Crippen molar-refractivity contribution in [3.63, 3.8) is 0 Å². The van der Waals surface area contributed by atoms with E-state index in [1.807, 2.05) is 22.6 Å². The number of carbonyl (C=O) groups excluding carboxylic acids is 1. The maximum absolute atomic E-state index is 10.9. The van der Waals surface area contributed by atoms with Crippen LogP contribution in [0, 0.1) is 0 Å². The Bertz CT molecular complexity index is 172. The molecule has 3 nitrogen and oxygen atoms in total. The average Bonchev–Trinajstić information content (AvgIpc) is 1.98. The van der Waals surface area contributed by atoms with Gasteiger partial charge in [-0.3, -0.25) is 9.69 Å². The molecule has 0 aromatic rings. The van der Waals surface area contributed by atoms with Crippen molar-refractivity contribution in [2.75, 3.05) is 7.05 Å². The average molecular weight is 256 g/mol. The van der Waals surface area contributed by atoms with E-state index in [1.165, 1.54) is 4.90 Å². The minimum absolute atomic E-state index is 0.0283. The summed E-state index contributed by atoms with van der Waals surface area (Å²) in [6.07, 6.45) is 0. The highest BCUT2D eigenvalue weighted by Gasteiger charge is 2.29. The molecular weight excluding hydrogens is 251 g/mol. The lowest BCUT2D eigenvalue weighted by Crippen LogP contribution is -2.25. The summed E-state index contributed by atoms with van der Waals surface area (Å²) in [5, 5.41) is 3.32. The second kappa shape index (κ2) is 2.37. The second-order valence-corrected chi connectivity index (χ2v) is 3.34. The smallest absolute Gasteiger partial charge is 0.261 e. The molecule has 0 aromatic heterocycles. The molecule has 0 unspecified atom stereocenters. The standard InChI is InChI=1S/C4H5IN2OS/c1-7-3(8)2(5)6-4(7)9/h2H,1H3,(H,6,9)/t2-/m1/s1. The zero-order valence-corrected chi connectivity index (χ0v) is 7.69. The van der Waals surface area contributed by atoms with Crippen LogP contribution in [0.15, 0.2) is 0 Å². The van der Waals surface area contributed by atoms with Crippen LogP contribution in [-0.2, 0) is 4.79 Å². The molecule has 0 saturated carbocycles. The molecule has 0 bridgehead atoms. The third kappa shape index (κ3) is 1.16. The molecule has 1 amide bonds. The molecule has 0 aromatic carbocycles. The fourth-order valence-corrected chi connectivity index (χ4v) is 1.67. The Kier molecular flexibility index (Phi) is 1.90. The molecule has 1 heterocycles. The summed E-state index contributed by atoms with van der Waals surface area (Å²) in [6, 6.07) is 0. The highest BCUT2D eigenvalue weighted by molar-refractivity contribution is 14.1. The Morgan fingerprint density at radius 3 is 2.56 bits per heavy atom. The summed E-state index contributed by atoms with van der Waals surface area (Å²) >= 11 is 6.78. The first-order chi connectivity index (χ1) is 4.13. The van der Waals surface area contributed by atoms with Crippen LogP contribution in [0.2, 0.25) is 0 Å². The molecule has 1 atom stereocenters. The zero-order valence-electron chi connectivity index (χ0n) is 4.72. The van der Waals surface area contributed by atoms with Gasteiger partial charge in [-0.25, -0.2) is 0 Å². The van der Waals surface area contributed by atoms with Crippen LogP contribution in [0.4, 0.5) is 0 Å². The van der Waals surface area contributed by atoms with Gasteiger partial charge in [-0.1, -0.05) is 0 Å². The van der Waals surface area contributed by atoms with Crippen molar-refractivity contribution >= 4 is 45.8 Å². The van der Waals surface area contributed by atoms with E-state index < -0.39 is 0 Å². The number of carbonyl (C=O) groups is 1. The van der Waals surface area contributed by atoms with Crippen LogP contribution >= 0.6 is 34.8 Å². The van der Waals surface area contributed by atoms with Gasteiger partial charge in [0.25, 0.3) is 5.91 Å². The lowest BCUT2D eigenvalue weighted by atomic mass is 10.6. The van der Waals surface area contributed by atoms with Gasteiger partial charge in [-0.05, 0) is 34.8 Å². The third-order valence-electron chi connectivity index (χ3n) is 1.10. The summed E-state index contributed by atoms with van der Waals surface area (Å²) in [6.45, 7) is 0. The maximum Gasteiger partial charge on any atom is 0.261 e. The summed E-state index contributed by atoms with van der Waals surface area (Å²) in [7, 11) is 1.66. The van der Waals surface area contributed by atoms with Gasteiger partial charge in [0.2, 0.25) is 0 Å². The highest BCUT2D eigenvalue weighted by Crippen LogP contribution is 2.08. The zero-order chi connectivity index (χ0) is 7.02.